The topological polar surface area (TPSA) is 56.5 Å². The van der Waals surface area contributed by atoms with Gasteiger partial charge in [0.25, 0.3) is 0 Å². The van der Waals surface area contributed by atoms with Crippen LogP contribution in [-0.4, -0.2) is 11.8 Å². The van der Waals surface area contributed by atoms with Crippen LogP contribution in [0.25, 0.3) is 0 Å². The summed E-state index contributed by atoms with van der Waals surface area (Å²) in [4.78, 5) is 25.2. The predicted octanol–water partition coefficient (Wildman–Crippen LogP) is 3.42. The largest absolute Gasteiger partial charge is 0.465 e. The quantitative estimate of drug-likeness (QED) is 0.582. The molecule has 0 bridgehead atoms. The first-order chi connectivity index (χ1) is 9.48. The lowest BCUT2D eigenvalue weighted by molar-refractivity contribution is -0.194. The van der Waals surface area contributed by atoms with E-state index in [0.717, 1.165) is 32.1 Å². The first-order valence-electron chi connectivity index (χ1n) is 7.28. The molecule has 0 aromatic carbocycles. The maximum absolute atomic E-state index is 13.0. The number of ether oxygens (including phenoxy) is 1. The van der Waals surface area contributed by atoms with Gasteiger partial charge in [-0.3, -0.25) is 9.59 Å². The van der Waals surface area contributed by atoms with Crippen LogP contribution in [-0.2, 0) is 14.3 Å². The summed E-state index contributed by atoms with van der Waals surface area (Å²) in [5.41, 5.74) is -1.66. The van der Waals surface area contributed by atoms with Gasteiger partial charge in [-0.2, -0.15) is 0 Å². The molecule has 1 aliphatic carbocycles. The fourth-order valence-electron chi connectivity index (χ4n) is 3.64. The Morgan fingerprint density at radius 1 is 1.15 bits per heavy atom. The van der Waals surface area contributed by atoms with Crippen LogP contribution in [0, 0.1) is 10.8 Å². The highest BCUT2D eigenvalue weighted by Gasteiger charge is 2.61. The van der Waals surface area contributed by atoms with Gasteiger partial charge >= 0.3 is 5.97 Å². The van der Waals surface area contributed by atoms with E-state index >= 15 is 0 Å². The normalized spacial score (nSPS) is 28.4. The van der Waals surface area contributed by atoms with Crippen molar-refractivity contribution in [3.8, 4) is 0 Å². The van der Waals surface area contributed by atoms with Crippen LogP contribution in [0.3, 0.4) is 0 Å². The monoisotopic (exact) mass is 276 g/mol. The molecule has 2 fully saturated rings. The van der Waals surface area contributed by atoms with Crippen LogP contribution < -0.4 is 0 Å². The second-order valence-corrected chi connectivity index (χ2v) is 6.47. The Morgan fingerprint density at radius 3 is 2.45 bits per heavy atom. The molecule has 0 N–H and O–H groups in total. The van der Waals surface area contributed by atoms with Gasteiger partial charge < -0.3 is 9.15 Å². The summed E-state index contributed by atoms with van der Waals surface area (Å²) in [6.07, 6.45) is 5.67. The zero-order chi connectivity index (χ0) is 14.4. The minimum absolute atomic E-state index is 0.0161. The van der Waals surface area contributed by atoms with E-state index in [-0.39, 0.29) is 5.78 Å². The van der Waals surface area contributed by atoms with Crippen LogP contribution >= 0.6 is 0 Å². The van der Waals surface area contributed by atoms with Crippen molar-refractivity contribution in [3.63, 3.8) is 0 Å². The number of esters is 1. The zero-order valence-corrected chi connectivity index (χ0v) is 12.0. The van der Waals surface area contributed by atoms with E-state index in [1.807, 2.05) is 0 Å². The maximum Gasteiger partial charge on any atom is 0.319 e. The van der Waals surface area contributed by atoms with Gasteiger partial charge in [-0.1, -0.05) is 19.3 Å². The molecule has 1 saturated heterocycles. The summed E-state index contributed by atoms with van der Waals surface area (Å²) in [5, 5.41) is 0. The number of furan rings is 1. The van der Waals surface area contributed by atoms with Crippen molar-refractivity contribution in [1.82, 2.24) is 0 Å². The van der Waals surface area contributed by atoms with Gasteiger partial charge in [-0.25, -0.2) is 0 Å². The lowest BCUT2D eigenvalue weighted by atomic mass is 9.59. The van der Waals surface area contributed by atoms with E-state index in [1.165, 1.54) is 0 Å². The second kappa shape index (κ2) is 4.47. The van der Waals surface area contributed by atoms with E-state index in [9.17, 15) is 9.59 Å². The number of cyclic esters (lactones) is 1. The number of rotatable bonds is 1. The summed E-state index contributed by atoms with van der Waals surface area (Å²) in [6, 6.07) is 3.56. The fourth-order valence-corrected chi connectivity index (χ4v) is 3.64. The Hall–Kier alpha value is -1.58. The molecule has 2 heterocycles. The summed E-state index contributed by atoms with van der Waals surface area (Å²) in [7, 11) is 0. The third kappa shape index (κ3) is 1.74. The minimum Gasteiger partial charge on any atom is -0.465 e. The predicted molar refractivity (Wildman–Crippen MR) is 71.8 cm³/mol. The molecule has 20 heavy (non-hydrogen) atoms. The van der Waals surface area contributed by atoms with Crippen LogP contribution in [0.5, 0.6) is 0 Å². The van der Waals surface area contributed by atoms with Gasteiger partial charge in [0.1, 0.15) is 11.2 Å². The lowest BCUT2D eigenvalue weighted by Crippen LogP contribution is -2.55. The molecule has 1 saturated carbocycles. The molecule has 0 unspecified atom stereocenters. The van der Waals surface area contributed by atoms with E-state index in [2.05, 4.69) is 0 Å². The van der Waals surface area contributed by atoms with E-state index in [4.69, 9.17) is 9.15 Å². The molecule has 4 heteroatoms. The Balaban J connectivity index is 2.08. The molecule has 1 atom stereocenters. The highest BCUT2D eigenvalue weighted by Crippen LogP contribution is 2.55. The van der Waals surface area contributed by atoms with Gasteiger partial charge in [0.2, 0.25) is 0 Å². The molecule has 108 valence electrons. The molecule has 1 aromatic rings. The average molecular weight is 276 g/mol. The van der Waals surface area contributed by atoms with E-state index in [0.29, 0.717) is 5.76 Å². The third-order valence-corrected chi connectivity index (χ3v) is 4.80. The average Bonchev–Trinajstić information content (AvgIpc) is 2.96. The highest BCUT2D eigenvalue weighted by atomic mass is 16.6. The van der Waals surface area contributed by atoms with Crippen molar-refractivity contribution in [1.29, 1.82) is 0 Å². The molecule has 1 aromatic heterocycles. The maximum atomic E-state index is 13.0. The van der Waals surface area contributed by atoms with Gasteiger partial charge in [0.15, 0.2) is 11.9 Å². The lowest BCUT2D eigenvalue weighted by Gasteiger charge is -2.48. The molecule has 3 rings (SSSR count). The second-order valence-electron chi connectivity index (χ2n) is 6.47. The fraction of sp³-hybridized carbons (Fsp3) is 0.625. The smallest absolute Gasteiger partial charge is 0.319 e. The molecule has 0 radical (unpaired) electrons. The minimum atomic E-state index is -1.06. The Kier molecular flexibility index (Phi) is 3.00. The van der Waals surface area contributed by atoms with Crippen molar-refractivity contribution < 1.29 is 18.7 Å². The third-order valence-electron chi connectivity index (χ3n) is 4.80. The molecule has 2 aliphatic rings. The number of ketones is 1. The Labute approximate surface area is 118 Å². The van der Waals surface area contributed by atoms with Crippen LogP contribution in [0.15, 0.2) is 22.8 Å². The van der Waals surface area contributed by atoms with Gasteiger partial charge in [-0.05, 0) is 38.8 Å². The summed E-state index contributed by atoms with van der Waals surface area (Å²) < 4.78 is 11.1. The molecular formula is C16H20O4. The zero-order valence-electron chi connectivity index (χ0n) is 12.0. The molecule has 1 aliphatic heterocycles. The highest BCUT2D eigenvalue weighted by molar-refractivity contribution is 6.08. The molecular weight excluding hydrogens is 256 g/mol. The SMILES string of the molecule is CC1(C)C(=O)O[C@@H](c2ccco2)C2(CCCCC2)C1=O. The van der Waals surface area contributed by atoms with Crippen molar-refractivity contribution in [2.75, 3.05) is 0 Å². The van der Waals surface area contributed by atoms with E-state index < -0.39 is 22.9 Å². The van der Waals surface area contributed by atoms with Crippen LogP contribution in [0.1, 0.15) is 57.8 Å². The first-order valence-corrected chi connectivity index (χ1v) is 7.28. The number of hydrogen-bond acceptors (Lipinski definition) is 4. The first kappa shape index (κ1) is 13.4. The van der Waals surface area contributed by atoms with Crippen LogP contribution in [0.2, 0.25) is 0 Å². The summed E-state index contributed by atoms with van der Waals surface area (Å²) in [6.45, 7) is 3.35. The van der Waals surface area contributed by atoms with E-state index in [1.54, 1.807) is 32.2 Å². The standard InChI is InChI=1S/C16H20O4/c1-15(2)13(17)16(8-4-3-5-9-16)12(20-14(15)18)11-7-6-10-19-11/h6-7,10,12H,3-5,8-9H2,1-2H3/t12-/m0/s1. The Bertz CT molecular complexity index is 521. The summed E-state index contributed by atoms with van der Waals surface area (Å²) in [5.74, 6) is 0.159. The number of carbonyl (C=O) groups is 2. The van der Waals surface area contributed by atoms with Crippen molar-refractivity contribution in [3.05, 3.63) is 24.2 Å². The van der Waals surface area contributed by atoms with Gasteiger partial charge in [0.05, 0.1) is 11.7 Å². The van der Waals surface area contributed by atoms with Crippen LogP contribution in [0.4, 0.5) is 0 Å². The number of hydrogen-bond donors (Lipinski definition) is 0. The van der Waals surface area contributed by atoms with Gasteiger partial charge in [-0.15, -0.1) is 0 Å². The van der Waals surface area contributed by atoms with Crippen molar-refractivity contribution in [2.45, 2.75) is 52.1 Å². The Morgan fingerprint density at radius 2 is 1.85 bits per heavy atom. The summed E-state index contributed by atoms with van der Waals surface area (Å²) >= 11 is 0. The molecule has 0 amide bonds. The molecule has 1 spiro atoms. The van der Waals surface area contributed by atoms with Crippen molar-refractivity contribution >= 4 is 11.8 Å². The molecule has 4 nitrogen and oxygen atoms in total. The number of Topliss-reactive ketones (excluding diaryl/α,β-unsaturated/α-hetero) is 1. The number of carbonyl (C=O) groups excluding carboxylic acids is 2. The van der Waals surface area contributed by atoms with Gasteiger partial charge in [0, 0.05) is 0 Å². The van der Waals surface area contributed by atoms with Crippen molar-refractivity contribution in [2.24, 2.45) is 10.8 Å².